The molecule has 1 heterocycles. The van der Waals surface area contributed by atoms with Crippen LogP contribution in [-0.4, -0.2) is 29.3 Å². The lowest BCUT2D eigenvalue weighted by atomic mass is 9.92. The minimum Gasteiger partial charge on any atom is -0.379 e. The third-order valence-corrected chi connectivity index (χ3v) is 2.43. The summed E-state index contributed by atoms with van der Waals surface area (Å²) in [5, 5.41) is 9.34. The Morgan fingerprint density at radius 2 is 1.73 bits per heavy atom. The molecule has 0 bridgehead atoms. The van der Waals surface area contributed by atoms with Gasteiger partial charge in [0.1, 0.15) is 6.23 Å². The van der Waals surface area contributed by atoms with Crippen molar-refractivity contribution in [1.82, 2.24) is 4.90 Å². The van der Waals surface area contributed by atoms with Crippen molar-refractivity contribution >= 4 is 0 Å². The number of aliphatic hydroxyl groups excluding tert-OH is 1. The van der Waals surface area contributed by atoms with Gasteiger partial charge in [-0.3, -0.25) is 4.90 Å². The lowest BCUT2D eigenvalue weighted by molar-refractivity contribution is -0.0203. The molecule has 1 saturated heterocycles. The molecule has 0 amide bonds. The molecule has 0 aromatic rings. The molecule has 0 radical (unpaired) electrons. The summed E-state index contributed by atoms with van der Waals surface area (Å²) in [5.41, 5.74) is 0. The van der Waals surface area contributed by atoms with Gasteiger partial charge < -0.3 is 5.11 Å². The number of hydrogen-bond acceptors (Lipinski definition) is 2. The summed E-state index contributed by atoms with van der Waals surface area (Å²) in [5.74, 6) is 1.49. The largest absolute Gasteiger partial charge is 0.379 e. The second-order valence-electron chi connectivity index (χ2n) is 4.03. The Kier molecular flexibility index (Phi) is 2.90. The normalized spacial score (nSPS) is 37.1. The van der Waals surface area contributed by atoms with Gasteiger partial charge >= 0.3 is 0 Å². The van der Waals surface area contributed by atoms with Crippen molar-refractivity contribution in [2.24, 2.45) is 11.8 Å². The fraction of sp³-hybridized carbons (Fsp3) is 1.00. The summed E-state index contributed by atoms with van der Waals surface area (Å²) in [6, 6.07) is 0. The van der Waals surface area contributed by atoms with Crippen molar-refractivity contribution in [3.8, 4) is 0 Å². The van der Waals surface area contributed by atoms with E-state index in [9.17, 15) is 5.11 Å². The zero-order valence-electron chi connectivity index (χ0n) is 7.75. The van der Waals surface area contributed by atoms with E-state index in [0.717, 1.165) is 24.9 Å². The van der Waals surface area contributed by atoms with Gasteiger partial charge in [-0.25, -0.2) is 0 Å². The maximum Gasteiger partial charge on any atom is 0.104 e. The summed E-state index contributed by atoms with van der Waals surface area (Å²) in [7, 11) is 0. The molecule has 2 heteroatoms. The van der Waals surface area contributed by atoms with Crippen molar-refractivity contribution < 1.29 is 5.11 Å². The highest BCUT2D eigenvalue weighted by molar-refractivity contribution is 4.74. The van der Waals surface area contributed by atoms with E-state index >= 15 is 0 Å². The summed E-state index contributed by atoms with van der Waals surface area (Å²) >= 11 is 0. The van der Waals surface area contributed by atoms with Crippen molar-refractivity contribution in [2.75, 3.05) is 13.1 Å². The molecule has 0 aliphatic carbocycles. The first-order valence-electron chi connectivity index (χ1n) is 4.51. The average Bonchev–Trinajstić information content (AvgIpc) is 1.85. The molecule has 0 saturated carbocycles. The van der Waals surface area contributed by atoms with Crippen LogP contribution in [-0.2, 0) is 0 Å². The first-order valence-corrected chi connectivity index (χ1v) is 4.51. The average molecular weight is 157 g/mol. The van der Waals surface area contributed by atoms with Crippen LogP contribution in [0.25, 0.3) is 0 Å². The van der Waals surface area contributed by atoms with Gasteiger partial charge in [0.05, 0.1) is 0 Å². The van der Waals surface area contributed by atoms with Crippen LogP contribution in [0, 0.1) is 11.8 Å². The van der Waals surface area contributed by atoms with E-state index in [4.69, 9.17) is 0 Å². The molecule has 1 aliphatic rings. The van der Waals surface area contributed by atoms with Crippen LogP contribution in [0.15, 0.2) is 0 Å². The van der Waals surface area contributed by atoms with E-state index in [-0.39, 0.29) is 6.23 Å². The van der Waals surface area contributed by atoms with Gasteiger partial charge in [0, 0.05) is 13.1 Å². The van der Waals surface area contributed by atoms with Gasteiger partial charge in [0.15, 0.2) is 0 Å². The molecule has 11 heavy (non-hydrogen) atoms. The number of nitrogens with zero attached hydrogens (tertiary/aromatic N) is 1. The fourth-order valence-electron chi connectivity index (χ4n) is 2.02. The summed E-state index contributed by atoms with van der Waals surface area (Å²) in [6.45, 7) is 8.48. The van der Waals surface area contributed by atoms with Crippen molar-refractivity contribution in [1.29, 1.82) is 0 Å². The molecule has 0 spiro atoms. The maximum absolute atomic E-state index is 9.34. The smallest absolute Gasteiger partial charge is 0.104 e. The van der Waals surface area contributed by atoms with Crippen LogP contribution in [0.1, 0.15) is 27.2 Å². The number of aliphatic hydroxyl groups is 1. The van der Waals surface area contributed by atoms with Crippen LogP contribution in [0.3, 0.4) is 0 Å². The Morgan fingerprint density at radius 1 is 1.27 bits per heavy atom. The molecule has 1 fully saturated rings. The second kappa shape index (κ2) is 3.55. The quantitative estimate of drug-likeness (QED) is 0.620. The fourth-order valence-corrected chi connectivity index (χ4v) is 2.02. The van der Waals surface area contributed by atoms with Gasteiger partial charge in [-0.1, -0.05) is 13.8 Å². The van der Waals surface area contributed by atoms with Gasteiger partial charge in [-0.15, -0.1) is 0 Å². The van der Waals surface area contributed by atoms with Crippen molar-refractivity contribution in [2.45, 2.75) is 33.4 Å². The van der Waals surface area contributed by atoms with E-state index in [1.807, 2.05) is 6.92 Å². The molecule has 1 aliphatic heterocycles. The lowest BCUT2D eigenvalue weighted by Gasteiger charge is -2.36. The molecule has 0 aromatic heterocycles. The summed E-state index contributed by atoms with van der Waals surface area (Å²) in [4.78, 5) is 2.15. The number of hydrogen-bond donors (Lipinski definition) is 1. The lowest BCUT2D eigenvalue weighted by Crippen LogP contribution is -2.43. The minimum atomic E-state index is -0.264. The Bertz CT molecular complexity index is 115. The van der Waals surface area contributed by atoms with Crippen LogP contribution >= 0.6 is 0 Å². The molecule has 3 atom stereocenters. The molecule has 66 valence electrons. The highest BCUT2D eigenvalue weighted by Gasteiger charge is 2.23. The van der Waals surface area contributed by atoms with E-state index in [1.165, 1.54) is 6.42 Å². The van der Waals surface area contributed by atoms with E-state index in [0.29, 0.717) is 0 Å². The third-order valence-electron chi connectivity index (χ3n) is 2.43. The predicted molar refractivity (Wildman–Crippen MR) is 46.2 cm³/mol. The minimum absolute atomic E-state index is 0.264. The van der Waals surface area contributed by atoms with Crippen molar-refractivity contribution in [3.63, 3.8) is 0 Å². The first-order chi connectivity index (χ1) is 5.09. The molecule has 3 unspecified atom stereocenters. The molecular weight excluding hydrogens is 138 g/mol. The van der Waals surface area contributed by atoms with E-state index in [2.05, 4.69) is 18.7 Å². The monoisotopic (exact) mass is 157 g/mol. The number of rotatable bonds is 1. The standard InChI is InChI=1S/C9H19NO/c1-7-4-8(2)6-10(5-7)9(3)11/h7-9,11H,4-6H2,1-3H3. The second-order valence-corrected chi connectivity index (χ2v) is 4.03. The molecular formula is C9H19NO. The van der Waals surface area contributed by atoms with Crippen LogP contribution in [0.2, 0.25) is 0 Å². The first kappa shape index (κ1) is 9.01. The van der Waals surface area contributed by atoms with Gasteiger partial charge in [0.25, 0.3) is 0 Å². The van der Waals surface area contributed by atoms with Gasteiger partial charge in [-0.05, 0) is 25.2 Å². The third kappa shape index (κ3) is 2.46. The van der Waals surface area contributed by atoms with E-state index < -0.39 is 0 Å². The van der Waals surface area contributed by atoms with Gasteiger partial charge in [-0.2, -0.15) is 0 Å². The van der Waals surface area contributed by atoms with Gasteiger partial charge in [0.2, 0.25) is 0 Å². The van der Waals surface area contributed by atoms with E-state index in [1.54, 1.807) is 0 Å². The number of piperidine rings is 1. The summed E-state index contributed by atoms with van der Waals surface area (Å²) < 4.78 is 0. The Morgan fingerprint density at radius 3 is 2.09 bits per heavy atom. The van der Waals surface area contributed by atoms with Crippen LogP contribution < -0.4 is 0 Å². The highest BCUT2D eigenvalue weighted by Crippen LogP contribution is 2.21. The highest BCUT2D eigenvalue weighted by atomic mass is 16.3. The SMILES string of the molecule is CC1CC(C)CN(C(C)O)C1. The Hall–Kier alpha value is -0.0800. The topological polar surface area (TPSA) is 23.5 Å². The van der Waals surface area contributed by atoms with Crippen LogP contribution in [0.5, 0.6) is 0 Å². The molecule has 1 N–H and O–H groups in total. The maximum atomic E-state index is 9.34. The van der Waals surface area contributed by atoms with Crippen LogP contribution in [0.4, 0.5) is 0 Å². The Balaban J connectivity index is 2.43. The molecule has 1 rings (SSSR count). The number of likely N-dealkylation sites (tertiary alicyclic amines) is 1. The molecule has 0 aromatic carbocycles. The zero-order valence-corrected chi connectivity index (χ0v) is 7.75. The van der Waals surface area contributed by atoms with Crippen molar-refractivity contribution in [3.05, 3.63) is 0 Å². The Labute approximate surface area is 69.2 Å². The predicted octanol–water partition coefficient (Wildman–Crippen LogP) is 1.30. The molecule has 2 nitrogen and oxygen atoms in total. The zero-order chi connectivity index (χ0) is 8.43. The summed E-state index contributed by atoms with van der Waals surface area (Å²) in [6.07, 6.45) is 1.05.